The SMILES string of the molecule is O=C(NCCN1CCOCC1)c1coc(CN(Cc2ccc(F)cc2)Cc2ccccc2F)n1. The van der Waals surface area contributed by atoms with Crippen molar-refractivity contribution in [2.75, 3.05) is 39.4 Å². The summed E-state index contributed by atoms with van der Waals surface area (Å²) in [6, 6.07) is 12.7. The zero-order valence-corrected chi connectivity index (χ0v) is 18.9. The molecule has 0 saturated carbocycles. The minimum absolute atomic E-state index is 0.199. The van der Waals surface area contributed by atoms with Crippen LogP contribution in [0.5, 0.6) is 0 Å². The Bertz CT molecular complexity index is 1070. The largest absolute Gasteiger partial charge is 0.447 e. The fourth-order valence-corrected chi connectivity index (χ4v) is 3.81. The molecule has 1 aromatic heterocycles. The highest BCUT2D eigenvalue weighted by atomic mass is 19.1. The van der Waals surface area contributed by atoms with Crippen molar-refractivity contribution in [1.82, 2.24) is 20.1 Å². The van der Waals surface area contributed by atoms with E-state index in [0.29, 0.717) is 44.3 Å². The number of benzene rings is 2. The first-order valence-corrected chi connectivity index (χ1v) is 11.3. The first-order valence-electron chi connectivity index (χ1n) is 11.3. The zero-order chi connectivity index (χ0) is 23.8. The number of rotatable bonds is 10. The average Bonchev–Trinajstić information content (AvgIpc) is 3.31. The Hall–Kier alpha value is -3.14. The van der Waals surface area contributed by atoms with Crippen molar-refractivity contribution < 1.29 is 22.7 Å². The first-order chi connectivity index (χ1) is 16.6. The Morgan fingerprint density at radius 1 is 1.03 bits per heavy atom. The van der Waals surface area contributed by atoms with Gasteiger partial charge in [-0.05, 0) is 23.8 Å². The molecule has 0 unspecified atom stereocenters. The molecule has 3 aromatic rings. The van der Waals surface area contributed by atoms with Crippen LogP contribution in [0.25, 0.3) is 0 Å². The smallest absolute Gasteiger partial charge is 0.273 e. The number of hydrogen-bond acceptors (Lipinski definition) is 6. The van der Waals surface area contributed by atoms with Crippen molar-refractivity contribution in [3.05, 3.63) is 89.1 Å². The third-order valence-electron chi connectivity index (χ3n) is 5.63. The van der Waals surface area contributed by atoms with Crippen LogP contribution in [-0.4, -0.2) is 60.1 Å². The summed E-state index contributed by atoms with van der Waals surface area (Å²) in [6.07, 6.45) is 1.33. The predicted molar refractivity (Wildman–Crippen MR) is 122 cm³/mol. The number of carbonyl (C=O) groups excluding carboxylic acids is 1. The predicted octanol–water partition coefficient (Wildman–Crippen LogP) is 3.22. The van der Waals surface area contributed by atoms with Crippen molar-refractivity contribution in [2.24, 2.45) is 0 Å². The molecule has 2 heterocycles. The van der Waals surface area contributed by atoms with Crippen LogP contribution in [0.4, 0.5) is 8.78 Å². The Balaban J connectivity index is 1.37. The van der Waals surface area contributed by atoms with Crippen molar-refractivity contribution in [1.29, 1.82) is 0 Å². The van der Waals surface area contributed by atoms with Gasteiger partial charge in [-0.15, -0.1) is 0 Å². The second-order valence-corrected chi connectivity index (χ2v) is 8.20. The molecule has 7 nitrogen and oxygen atoms in total. The third-order valence-corrected chi connectivity index (χ3v) is 5.63. The highest BCUT2D eigenvalue weighted by Crippen LogP contribution is 2.17. The van der Waals surface area contributed by atoms with Gasteiger partial charge in [-0.1, -0.05) is 30.3 Å². The minimum Gasteiger partial charge on any atom is -0.447 e. The molecule has 0 radical (unpaired) electrons. The highest BCUT2D eigenvalue weighted by Gasteiger charge is 2.17. The molecule has 180 valence electrons. The molecule has 1 fully saturated rings. The van der Waals surface area contributed by atoms with Crippen molar-refractivity contribution >= 4 is 5.91 Å². The number of halogens is 2. The van der Waals surface area contributed by atoms with E-state index in [1.807, 2.05) is 4.90 Å². The van der Waals surface area contributed by atoms with E-state index in [4.69, 9.17) is 9.15 Å². The van der Waals surface area contributed by atoms with E-state index in [1.54, 1.807) is 30.3 Å². The second-order valence-electron chi connectivity index (χ2n) is 8.20. The molecule has 9 heteroatoms. The molecular weight excluding hydrogens is 442 g/mol. The summed E-state index contributed by atoms with van der Waals surface area (Å²) in [5.74, 6) is -0.583. The maximum Gasteiger partial charge on any atom is 0.273 e. The van der Waals surface area contributed by atoms with Gasteiger partial charge in [-0.25, -0.2) is 13.8 Å². The Labute approximate surface area is 197 Å². The molecule has 1 N–H and O–H groups in total. The molecule has 1 saturated heterocycles. The summed E-state index contributed by atoms with van der Waals surface area (Å²) in [4.78, 5) is 21.0. The summed E-state index contributed by atoms with van der Waals surface area (Å²) in [7, 11) is 0. The molecule has 34 heavy (non-hydrogen) atoms. The van der Waals surface area contributed by atoms with E-state index in [9.17, 15) is 13.6 Å². The monoisotopic (exact) mass is 470 g/mol. The van der Waals surface area contributed by atoms with Gasteiger partial charge in [0.05, 0.1) is 19.8 Å². The van der Waals surface area contributed by atoms with Crippen LogP contribution in [0, 0.1) is 11.6 Å². The number of hydrogen-bond donors (Lipinski definition) is 1. The van der Waals surface area contributed by atoms with Crippen LogP contribution in [0.15, 0.2) is 59.2 Å². The molecule has 0 bridgehead atoms. The number of oxazole rings is 1. The molecule has 1 amide bonds. The Kier molecular flexibility index (Phi) is 8.35. The van der Waals surface area contributed by atoms with Crippen LogP contribution in [0.1, 0.15) is 27.5 Å². The van der Waals surface area contributed by atoms with E-state index in [2.05, 4.69) is 15.2 Å². The molecule has 1 aliphatic rings. The van der Waals surface area contributed by atoms with E-state index in [1.165, 1.54) is 24.5 Å². The van der Waals surface area contributed by atoms with Gasteiger partial charge >= 0.3 is 0 Å². The van der Waals surface area contributed by atoms with Gasteiger partial charge in [-0.3, -0.25) is 14.6 Å². The molecule has 2 aromatic carbocycles. The molecule has 0 aliphatic carbocycles. The number of nitrogens with one attached hydrogen (secondary N) is 1. The van der Waals surface area contributed by atoms with Crippen LogP contribution in [0.3, 0.4) is 0 Å². The van der Waals surface area contributed by atoms with Crippen LogP contribution >= 0.6 is 0 Å². The lowest BCUT2D eigenvalue weighted by molar-refractivity contribution is 0.0383. The van der Waals surface area contributed by atoms with Gasteiger partial charge in [0.2, 0.25) is 5.89 Å². The maximum absolute atomic E-state index is 14.3. The fraction of sp³-hybridized carbons (Fsp3) is 0.360. The van der Waals surface area contributed by atoms with Crippen LogP contribution in [0.2, 0.25) is 0 Å². The van der Waals surface area contributed by atoms with Gasteiger partial charge in [-0.2, -0.15) is 0 Å². The Morgan fingerprint density at radius 2 is 1.79 bits per heavy atom. The number of nitrogens with zero attached hydrogens (tertiary/aromatic N) is 3. The minimum atomic E-state index is -0.318. The van der Waals surface area contributed by atoms with Gasteiger partial charge in [0.1, 0.15) is 17.9 Å². The lowest BCUT2D eigenvalue weighted by Crippen LogP contribution is -2.41. The lowest BCUT2D eigenvalue weighted by Gasteiger charge is -2.26. The van der Waals surface area contributed by atoms with Crippen LogP contribution < -0.4 is 5.32 Å². The van der Waals surface area contributed by atoms with E-state index in [0.717, 1.165) is 25.2 Å². The first kappa shape index (κ1) is 24.0. The van der Waals surface area contributed by atoms with E-state index >= 15 is 0 Å². The number of carbonyl (C=O) groups is 1. The summed E-state index contributed by atoms with van der Waals surface area (Å²) in [6.45, 7) is 5.37. The molecular formula is C25H28F2N4O3. The summed E-state index contributed by atoms with van der Waals surface area (Å²) >= 11 is 0. The highest BCUT2D eigenvalue weighted by molar-refractivity contribution is 5.91. The summed E-state index contributed by atoms with van der Waals surface area (Å²) in [5, 5.41) is 2.86. The van der Waals surface area contributed by atoms with Gasteiger partial charge < -0.3 is 14.5 Å². The normalized spacial score (nSPS) is 14.4. The van der Waals surface area contributed by atoms with Crippen molar-refractivity contribution in [3.8, 4) is 0 Å². The van der Waals surface area contributed by atoms with E-state index < -0.39 is 0 Å². The maximum atomic E-state index is 14.3. The molecule has 4 rings (SSSR count). The molecule has 0 atom stereocenters. The second kappa shape index (κ2) is 11.8. The van der Waals surface area contributed by atoms with E-state index in [-0.39, 0.29) is 29.8 Å². The third kappa shape index (κ3) is 6.93. The van der Waals surface area contributed by atoms with Gasteiger partial charge in [0.25, 0.3) is 5.91 Å². The Morgan fingerprint density at radius 3 is 2.56 bits per heavy atom. The lowest BCUT2D eigenvalue weighted by atomic mass is 10.1. The number of ether oxygens (including phenoxy) is 1. The molecule has 1 aliphatic heterocycles. The number of amides is 1. The summed E-state index contributed by atoms with van der Waals surface area (Å²) in [5.41, 5.74) is 1.59. The van der Waals surface area contributed by atoms with Crippen molar-refractivity contribution in [3.63, 3.8) is 0 Å². The zero-order valence-electron chi connectivity index (χ0n) is 18.9. The number of aromatic nitrogens is 1. The average molecular weight is 471 g/mol. The number of morpholine rings is 1. The standard InChI is InChI=1S/C25H28F2N4O3/c26-21-7-5-19(6-8-21)15-31(16-20-3-1-2-4-22(20)27)17-24-29-23(18-34-24)25(32)28-9-10-30-11-13-33-14-12-30/h1-8,18H,9-17H2,(H,28,32). The van der Waals surface area contributed by atoms with Crippen LogP contribution in [-0.2, 0) is 24.4 Å². The summed E-state index contributed by atoms with van der Waals surface area (Å²) < 4.78 is 38.4. The van der Waals surface area contributed by atoms with Crippen molar-refractivity contribution in [2.45, 2.75) is 19.6 Å². The van der Waals surface area contributed by atoms with Gasteiger partial charge in [0, 0.05) is 44.8 Å². The quantitative estimate of drug-likeness (QED) is 0.491. The topological polar surface area (TPSA) is 70.8 Å². The molecule has 0 spiro atoms. The fourth-order valence-electron chi connectivity index (χ4n) is 3.81. The van der Waals surface area contributed by atoms with Gasteiger partial charge in [0.15, 0.2) is 5.69 Å².